The molecule has 18 heavy (non-hydrogen) atoms. The Labute approximate surface area is 106 Å². The minimum atomic E-state index is 0.834. The number of rotatable bonds is 2. The van der Waals surface area contributed by atoms with Crippen LogP contribution in [0.5, 0.6) is 0 Å². The van der Waals surface area contributed by atoms with Crippen LogP contribution in [0, 0.1) is 6.92 Å². The number of pyridine rings is 2. The van der Waals surface area contributed by atoms with E-state index in [0.29, 0.717) is 0 Å². The van der Waals surface area contributed by atoms with E-state index in [4.69, 9.17) is 0 Å². The predicted molar refractivity (Wildman–Crippen MR) is 74.0 cm³/mol. The Kier molecular flexibility index (Phi) is 2.65. The van der Waals surface area contributed by atoms with Crippen LogP contribution >= 0.6 is 0 Å². The van der Waals surface area contributed by atoms with Crippen LogP contribution in [0.2, 0.25) is 0 Å². The summed E-state index contributed by atoms with van der Waals surface area (Å²) in [6.07, 6.45) is 3.53. The molecule has 0 saturated heterocycles. The first-order valence-electron chi connectivity index (χ1n) is 5.86. The molecule has 0 aliphatic carbocycles. The molecule has 0 aliphatic heterocycles. The molecule has 0 unspecified atom stereocenters. The van der Waals surface area contributed by atoms with Gasteiger partial charge in [-0.1, -0.05) is 12.1 Å². The third-order valence-corrected chi connectivity index (χ3v) is 2.78. The van der Waals surface area contributed by atoms with E-state index in [1.54, 1.807) is 12.4 Å². The van der Waals surface area contributed by atoms with E-state index in [2.05, 4.69) is 46.5 Å². The van der Waals surface area contributed by atoms with E-state index in [1.165, 1.54) is 5.56 Å². The van der Waals surface area contributed by atoms with Crippen LogP contribution in [-0.2, 0) is 0 Å². The standard InChI is InChI=1S/C15H13N3/c1-11-4-5-12-6-7-15(18-14(12)9-11)17-13-3-2-8-16-10-13/h2-10H,1H3,(H,17,18). The van der Waals surface area contributed by atoms with Crippen molar-refractivity contribution in [3.8, 4) is 0 Å². The summed E-state index contributed by atoms with van der Waals surface area (Å²) in [6, 6.07) is 14.2. The topological polar surface area (TPSA) is 37.8 Å². The molecule has 0 bridgehead atoms. The highest BCUT2D eigenvalue weighted by molar-refractivity contribution is 5.81. The molecule has 2 aromatic heterocycles. The maximum atomic E-state index is 4.59. The van der Waals surface area contributed by atoms with Crippen LogP contribution < -0.4 is 5.32 Å². The van der Waals surface area contributed by atoms with Crippen molar-refractivity contribution in [1.29, 1.82) is 0 Å². The quantitative estimate of drug-likeness (QED) is 0.736. The normalized spacial score (nSPS) is 10.5. The zero-order chi connectivity index (χ0) is 12.4. The van der Waals surface area contributed by atoms with Crippen LogP contribution in [0.15, 0.2) is 54.9 Å². The molecular formula is C15H13N3. The summed E-state index contributed by atoms with van der Waals surface area (Å²) in [4.78, 5) is 8.66. The van der Waals surface area contributed by atoms with Gasteiger partial charge in [0.25, 0.3) is 0 Å². The van der Waals surface area contributed by atoms with Crippen LogP contribution in [0.3, 0.4) is 0 Å². The van der Waals surface area contributed by atoms with E-state index < -0.39 is 0 Å². The highest BCUT2D eigenvalue weighted by Gasteiger charge is 1.99. The Morgan fingerprint density at radius 1 is 1.06 bits per heavy atom. The molecular weight excluding hydrogens is 222 g/mol. The molecule has 3 rings (SSSR count). The zero-order valence-corrected chi connectivity index (χ0v) is 10.1. The van der Waals surface area contributed by atoms with Crippen molar-refractivity contribution in [3.05, 3.63) is 60.4 Å². The molecule has 0 atom stereocenters. The summed E-state index contributed by atoms with van der Waals surface area (Å²) in [5, 5.41) is 4.39. The minimum absolute atomic E-state index is 0.834. The fourth-order valence-electron chi connectivity index (χ4n) is 1.88. The second-order valence-electron chi connectivity index (χ2n) is 4.26. The number of hydrogen-bond acceptors (Lipinski definition) is 3. The molecule has 88 valence electrons. The van der Waals surface area contributed by atoms with E-state index in [-0.39, 0.29) is 0 Å². The first-order chi connectivity index (χ1) is 8.81. The summed E-state index contributed by atoms with van der Waals surface area (Å²) in [7, 11) is 0. The van der Waals surface area contributed by atoms with Gasteiger partial charge in [0.2, 0.25) is 0 Å². The Balaban J connectivity index is 1.98. The maximum absolute atomic E-state index is 4.59. The van der Waals surface area contributed by atoms with Crippen LogP contribution in [0.4, 0.5) is 11.5 Å². The van der Waals surface area contributed by atoms with E-state index >= 15 is 0 Å². The third-order valence-electron chi connectivity index (χ3n) is 2.78. The van der Waals surface area contributed by atoms with Crippen LogP contribution in [-0.4, -0.2) is 9.97 Å². The number of fused-ring (bicyclic) bond motifs is 1. The average molecular weight is 235 g/mol. The number of aromatic nitrogens is 2. The number of anilines is 2. The van der Waals surface area contributed by atoms with Crippen molar-refractivity contribution in [3.63, 3.8) is 0 Å². The largest absolute Gasteiger partial charge is 0.339 e. The van der Waals surface area contributed by atoms with Gasteiger partial charge in [-0.25, -0.2) is 4.98 Å². The molecule has 0 aliphatic rings. The summed E-state index contributed by atoms with van der Waals surface area (Å²) in [5.41, 5.74) is 3.16. The van der Waals surface area contributed by atoms with Gasteiger partial charge in [0.05, 0.1) is 17.4 Å². The van der Waals surface area contributed by atoms with Crippen molar-refractivity contribution in [2.45, 2.75) is 6.92 Å². The van der Waals surface area contributed by atoms with Crippen LogP contribution in [0.25, 0.3) is 10.9 Å². The maximum Gasteiger partial charge on any atom is 0.131 e. The van der Waals surface area contributed by atoms with E-state index in [0.717, 1.165) is 22.4 Å². The van der Waals surface area contributed by atoms with Gasteiger partial charge in [0.15, 0.2) is 0 Å². The van der Waals surface area contributed by atoms with Gasteiger partial charge in [0, 0.05) is 11.6 Å². The van der Waals surface area contributed by atoms with Gasteiger partial charge in [-0.2, -0.15) is 0 Å². The average Bonchev–Trinajstić information content (AvgIpc) is 2.39. The summed E-state index contributed by atoms with van der Waals surface area (Å²) in [6.45, 7) is 2.07. The fourth-order valence-corrected chi connectivity index (χ4v) is 1.88. The monoisotopic (exact) mass is 235 g/mol. The molecule has 3 nitrogen and oxygen atoms in total. The highest BCUT2D eigenvalue weighted by atomic mass is 15.0. The van der Waals surface area contributed by atoms with Gasteiger partial charge in [-0.05, 0) is 42.8 Å². The number of benzene rings is 1. The lowest BCUT2D eigenvalue weighted by Gasteiger charge is -2.06. The Hall–Kier alpha value is -2.42. The minimum Gasteiger partial charge on any atom is -0.339 e. The van der Waals surface area contributed by atoms with Crippen LogP contribution in [0.1, 0.15) is 5.56 Å². The van der Waals surface area contributed by atoms with E-state index in [9.17, 15) is 0 Å². The van der Waals surface area contributed by atoms with Crippen molar-refractivity contribution in [2.24, 2.45) is 0 Å². The van der Waals surface area contributed by atoms with Gasteiger partial charge in [-0.15, -0.1) is 0 Å². The lowest BCUT2D eigenvalue weighted by molar-refractivity contribution is 1.30. The summed E-state index contributed by atoms with van der Waals surface area (Å²) in [5.74, 6) is 0.834. The molecule has 1 N–H and O–H groups in total. The summed E-state index contributed by atoms with van der Waals surface area (Å²) < 4.78 is 0. The van der Waals surface area contributed by atoms with E-state index in [1.807, 2.05) is 18.2 Å². The van der Waals surface area contributed by atoms with Gasteiger partial charge in [-0.3, -0.25) is 4.98 Å². The number of nitrogens with one attached hydrogen (secondary N) is 1. The van der Waals surface area contributed by atoms with Crippen molar-refractivity contribution < 1.29 is 0 Å². The van der Waals surface area contributed by atoms with Gasteiger partial charge >= 0.3 is 0 Å². The summed E-state index contributed by atoms with van der Waals surface area (Å²) >= 11 is 0. The molecule has 3 heteroatoms. The van der Waals surface area contributed by atoms with Crippen molar-refractivity contribution >= 4 is 22.4 Å². The lowest BCUT2D eigenvalue weighted by atomic mass is 10.1. The molecule has 2 heterocycles. The second-order valence-corrected chi connectivity index (χ2v) is 4.26. The molecule has 1 aromatic carbocycles. The first kappa shape index (κ1) is 10.7. The highest BCUT2D eigenvalue weighted by Crippen LogP contribution is 2.19. The Morgan fingerprint density at radius 2 is 1.94 bits per heavy atom. The lowest BCUT2D eigenvalue weighted by Crippen LogP contribution is -1.94. The smallest absolute Gasteiger partial charge is 0.131 e. The Bertz CT molecular complexity index is 678. The number of hydrogen-bond donors (Lipinski definition) is 1. The molecule has 3 aromatic rings. The molecule has 0 spiro atoms. The number of nitrogens with zero attached hydrogens (tertiary/aromatic N) is 2. The molecule has 0 fully saturated rings. The molecule has 0 radical (unpaired) electrons. The first-order valence-corrected chi connectivity index (χ1v) is 5.86. The van der Waals surface area contributed by atoms with Gasteiger partial charge in [0.1, 0.15) is 5.82 Å². The zero-order valence-electron chi connectivity index (χ0n) is 10.1. The predicted octanol–water partition coefficient (Wildman–Crippen LogP) is 3.68. The fraction of sp³-hybridized carbons (Fsp3) is 0.0667. The molecule has 0 amide bonds. The van der Waals surface area contributed by atoms with Gasteiger partial charge < -0.3 is 5.32 Å². The molecule has 0 saturated carbocycles. The number of aryl methyl sites for hydroxylation is 1. The Morgan fingerprint density at radius 3 is 2.78 bits per heavy atom. The van der Waals surface area contributed by atoms with Crippen molar-refractivity contribution in [2.75, 3.05) is 5.32 Å². The SMILES string of the molecule is Cc1ccc2ccc(Nc3cccnc3)nc2c1. The third kappa shape index (κ3) is 2.15. The second kappa shape index (κ2) is 4.45. The van der Waals surface area contributed by atoms with Crippen molar-refractivity contribution in [1.82, 2.24) is 9.97 Å².